The summed E-state index contributed by atoms with van der Waals surface area (Å²) in [5.41, 5.74) is 2.51. The number of nitrogens with one attached hydrogen (secondary N) is 1. The van der Waals surface area contributed by atoms with Gasteiger partial charge in [0.2, 0.25) is 0 Å². The lowest BCUT2D eigenvalue weighted by molar-refractivity contribution is 0.296. The first-order valence-electron chi connectivity index (χ1n) is 6.98. The first-order chi connectivity index (χ1) is 8.75. The Hall–Kier alpha value is -0.540. The molecule has 0 saturated carbocycles. The second kappa shape index (κ2) is 7.15. The molecule has 1 aromatic rings. The van der Waals surface area contributed by atoms with Crippen LogP contribution in [-0.2, 0) is 0 Å². The molecule has 18 heavy (non-hydrogen) atoms. The summed E-state index contributed by atoms with van der Waals surface area (Å²) in [6.45, 7) is 6.89. The van der Waals surface area contributed by atoms with Gasteiger partial charge in [0.05, 0.1) is 0 Å². The number of benzene rings is 1. The van der Waals surface area contributed by atoms with E-state index in [2.05, 4.69) is 51.3 Å². The van der Waals surface area contributed by atoms with Crippen molar-refractivity contribution < 1.29 is 0 Å². The van der Waals surface area contributed by atoms with Crippen LogP contribution < -0.4 is 5.32 Å². The van der Waals surface area contributed by atoms with Crippen LogP contribution in [-0.4, -0.2) is 31.1 Å². The first kappa shape index (κ1) is 13.9. The number of hydrogen-bond acceptors (Lipinski definition) is 2. The molecule has 0 aliphatic carbocycles. The van der Waals surface area contributed by atoms with Gasteiger partial charge in [0.25, 0.3) is 0 Å². The van der Waals surface area contributed by atoms with E-state index in [1.165, 1.54) is 54.5 Å². The molecule has 0 bridgehead atoms. The molecule has 0 spiro atoms. The monoisotopic (exact) mass is 310 g/mol. The normalized spacial score (nSPS) is 17.4. The minimum Gasteiger partial charge on any atom is -0.384 e. The summed E-state index contributed by atoms with van der Waals surface area (Å²) < 4.78 is 1.18. The number of rotatable bonds is 4. The molecular weight excluding hydrogens is 288 g/mol. The van der Waals surface area contributed by atoms with Crippen molar-refractivity contribution in [2.45, 2.75) is 32.6 Å². The lowest BCUT2D eigenvalue weighted by Crippen LogP contribution is -2.29. The maximum Gasteiger partial charge on any atom is 0.0344 e. The van der Waals surface area contributed by atoms with Gasteiger partial charge >= 0.3 is 0 Å². The molecule has 0 atom stereocenters. The standard InChI is InChI=1S/C15H23BrN2/c1-13-12-14(6-7-15(13)16)17-8-11-18-9-4-2-3-5-10-18/h6-7,12,17H,2-5,8-11H2,1H3. The number of nitrogens with zero attached hydrogens (tertiary/aromatic N) is 1. The van der Waals surface area contributed by atoms with E-state index in [-0.39, 0.29) is 0 Å². The molecule has 0 aromatic heterocycles. The van der Waals surface area contributed by atoms with Gasteiger partial charge < -0.3 is 10.2 Å². The lowest BCUT2D eigenvalue weighted by Gasteiger charge is -2.20. The maximum atomic E-state index is 3.53. The van der Waals surface area contributed by atoms with E-state index in [9.17, 15) is 0 Å². The van der Waals surface area contributed by atoms with E-state index in [0.717, 1.165) is 13.1 Å². The number of aryl methyl sites for hydroxylation is 1. The number of likely N-dealkylation sites (tertiary alicyclic amines) is 1. The van der Waals surface area contributed by atoms with E-state index in [1.807, 2.05) is 0 Å². The molecule has 0 radical (unpaired) electrons. The molecular formula is C15H23BrN2. The Morgan fingerprint density at radius 3 is 2.56 bits per heavy atom. The molecule has 2 nitrogen and oxygen atoms in total. The van der Waals surface area contributed by atoms with E-state index in [1.54, 1.807) is 0 Å². The van der Waals surface area contributed by atoms with Crippen molar-refractivity contribution in [1.29, 1.82) is 0 Å². The van der Waals surface area contributed by atoms with Crippen molar-refractivity contribution in [3.05, 3.63) is 28.2 Å². The van der Waals surface area contributed by atoms with Crippen LogP contribution in [0.5, 0.6) is 0 Å². The van der Waals surface area contributed by atoms with Gasteiger partial charge in [-0.15, -0.1) is 0 Å². The number of halogens is 1. The Bertz CT molecular complexity index is 371. The van der Waals surface area contributed by atoms with Crippen molar-refractivity contribution in [1.82, 2.24) is 4.90 Å². The molecule has 0 unspecified atom stereocenters. The summed E-state index contributed by atoms with van der Waals surface area (Å²) >= 11 is 3.53. The average molecular weight is 311 g/mol. The third-order valence-corrected chi connectivity index (χ3v) is 4.50. The Kier molecular flexibility index (Phi) is 5.51. The molecule has 1 aromatic carbocycles. The zero-order valence-electron chi connectivity index (χ0n) is 11.2. The highest BCUT2D eigenvalue weighted by atomic mass is 79.9. The van der Waals surface area contributed by atoms with Gasteiger partial charge in [0.15, 0.2) is 0 Å². The molecule has 2 rings (SSSR count). The number of hydrogen-bond donors (Lipinski definition) is 1. The van der Waals surface area contributed by atoms with Crippen molar-refractivity contribution in [2.24, 2.45) is 0 Å². The van der Waals surface area contributed by atoms with E-state index in [0.29, 0.717) is 0 Å². The predicted molar refractivity (Wildman–Crippen MR) is 82.3 cm³/mol. The zero-order valence-corrected chi connectivity index (χ0v) is 12.8. The van der Waals surface area contributed by atoms with Crippen LogP contribution in [0.1, 0.15) is 31.2 Å². The molecule has 100 valence electrons. The average Bonchev–Trinajstić information content (AvgIpc) is 2.62. The molecule has 1 aliphatic heterocycles. The van der Waals surface area contributed by atoms with Gasteiger partial charge in [0.1, 0.15) is 0 Å². The summed E-state index contributed by atoms with van der Waals surface area (Å²) in [5, 5.41) is 3.52. The van der Waals surface area contributed by atoms with Crippen molar-refractivity contribution in [2.75, 3.05) is 31.5 Å². The third kappa shape index (κ3) is 4.29. The second-order valence-electron chi connectivity index (χ2n) is 5.15. The SMILES string of the molecule is Cc1cc(NCCN2CCCCCC2)ccc1Br. The summed E-state index contributed by atoms with van der Waals surface area (Å²) in [7, 11) is 0. The highest BCUT2D eigenvalue weighted by Gasteiger charge is 2.07. The molecule has 3 heteroatoms. The van der Waals surface area contributed by atoms with Crippen LogP contribution in [0.4, 0.5) is 5.69 Å². The van der Waals surface area contributed by atoms with Gasteiger partial charge in [-0.05, 0) is 56.6 Å². The maximum absolute atomic E-state index is 3.53. The Balaban J connectivity index is 1.75. The van der Waals surface area contributed by atoms with Crippen LogP contribution in [0.3, 0.4) is 0 Å². The highest BCUT2D eigenvalue weighted by Crippen LogP contribution is 2.19. The van der Waals surface area contributed by atoms with E-state index >= 15 is 0 Å². The topological polar surface area (TPSA) is 15.3 Å². The highest BCUT2D eigenvalue weighted by molar-refractivity contribution is 9.10. The van der Waals surface area contributed by atoms with Gasteiger partial charge in [0, 0.05) is 23.2 Å². The molecule has 1 N–H and O–H groups in total. The molecule has 1 heterocycles. The smallest absolute Gasteiger partial charge is 0.0344 e. The van der Waals surface area contributed by atoms with Crippen molar-refractivity contribution in [3.8, 4) is 0 Å². The third-order valence-electron chi connectivity index (χ3n) is 3.61. The van der Waals surface area contributed by atoms with Gasteiger partial charge in [-0.2, -0.15) is 0 Å². The predicted octanol–water partition coefficient (Wildman–Crippen LogP) is 4.05. The second-order valence-corrected chi connectivity index (χ2v) is 6.00. The quantitative estimate of drug-likeness (QED) is 0.902. The van der Waals surface area contributed by atoms with Crippen LogP contribution in [0.2, 0.25) is 0 Å². The molecule has 1 saturated heterocycles. The minimum absolute atomic E-state index is 1.04. The number of anilines is 1. The first-order valence-corrected chi connectivity index (χ1v) is 7.77. The van der Waals surface area contributed by atoms with Crippen LogP contribution in [0.25, 0.3) is 0 Å². The molecule has 1 fully saturated rings. The Labute approximate surface area is 119 Å². The molecule has 1 aliphatic rings. The lowest BCUT2D eigenvalue weighted by atomic mass is 10.2. The van der Waals surface area contributed by atoms with Crippen LogP contribution in [0, 0.1) is 6.92 Å². The van der Waals surface area contributed by atoms with Gasteiger partial charge in [-0.25, -0.2) is 0 Å². The molecule has 0 amide bonds. The zero-order chi connectivity index (χ0) is 12.8. The van der Waals surface area contributed by atoms with Crippen molar-refractivity contribution >= 4 is 21.6 Å². The summed E-state index contributed by atoms with van der Waals surface area (Å²) in [4.78, 5) is 2.59. The largest absolute Gasteiger partial charge is 0.384 e. The fourth-order valence-electron chi connectivity index (χ4n) is 2.47. The van der Waals surface area contributed by atoms with E-state index < -0.39 is 0 Å². The summed E-state index contributed by atoms with van der Waals surface area (Å²) in [6, 6.07) is 6.45. The van der Waals surface area contributed by atoms with Gasteiger partial charge in [-0.3, -0.25) is 0 Å². The Morgan fingerprint density at radius 1 is 1.17 bits per heavy atom. The summed E-state index contributed by atoms with van der Waals surface area (Å²) in [5.74, 6) is 0. The fraction of sp³-hybridized carbons (Fsp3) is 0.600. The Morgan fingerprint density at radius 2 is 1.89 bits per heavy atom. The van der Waals surface area contributed by atoms with Crippen molar-refractivity contribution in [3.63, 3.8) is 0 Å². The van der Waals surface area contributed by atoms with Gasteiger partial charge in [-0.1, -0.05) is 28.8 Å². The van der Waals surface area contributed by atoms with E-state index in [4.69, 9.17) is 0 Å². The minimum atomic E-state index is 1.04. The van der Waals surface area contributed by atoms with Crippen LogP contribution in [0.15, 0.2) is 22.7 Å². The van der Waals surface area contributed by atoms with Crippen LogP contribution >= 0.6 is 15.9 Å². The summed E-state index contributed by atoms with van der Waals surface area (Å²) in [6.07, 6.45) is 5.57. The fourth-order valence-corrected chi connectivity index (χ4v) is 2.72.